The van der Waals surface area contributed by atoms with Crippen molar-refractivity contribution in [1.82, 2.24) is 14.5 Å². The summed E-state index contributed by atoms with van der Waals surface area (Å²) in [6, 6.07) is 15.0. The zero-order valence-corrected chi connectivity index (χ0v) is 16.6. The molecule has 4 heterocycles. The van der Waals surface area contributed by atoms with Crippen LogP contribution in [0.25, 0.3) is 33.3 Å². The van der Waals surface area contributed by atoms with E-state index < -0.39 is 0 Å². The number of aromatic nitrogens is 3. The van der Waals surface area contributed by atoms with E-state index in [9.17, 15) is 5.26 Å². The monoisotopic (exact) mass is 379 g/mol. The maximum atomic E-state index is 10.1. The predicted molar refractivity (Wildman–Crippen MR) is 116 cm³/mol. The molecule has 0 radical (unpaired) electrons. The minimum atomic E-state index is 0.636. The van der Waals surface area contributed by atoms with Crippen molar-refractivity contribution in [2.24, 2.45) is 7.05 Å². The van der Waals surface area contributed by atoms with Crippen molar-refractivity contribution in [3.05, 3.63) is 66.1 Å². The Bertz CT molecular complexity index is 1280. The van der Waals surface area contributed by atoms with E-state index in [0.29, 0.717) is 5.56 Å². The summed E-state index contributed by atoms with van der Waals surface area (Å²) >= 11 is 0. The summed E-state index contributed by atoms with van der Waals surface area (Å²) < 4.78 is 2.12. The van der Waals surface area contributed by atoms with Crippen molar-refractivity contribution >= 4 is 16.7 Å². The van der Waals surface area contributed by atoms with E-state index in [2.05, 4.69) is 51.8 Å². The van der Waals surface area contributed by atoms with E-state index in [4.69, 9.17) is 4.98 Å². The number of aryl methyl sites for hydroxylation is 2. The minimum Gasteiger partial charge on any atom is -0.359 e. The van der Waals surface area contributed by atoms with Gasteiger partial charge < -0.3 is 9.47 Å². The molecule has 3 aromatic heterocycles. The summed E-state index contributed by atoms with van der Waals surface area (Å²) in [6.45, 7) is 1.03. The van der Waals surface area contributed by atoms with Crippen LogP contribution in [0.5, 0.6) is 0 Å². The second-order valence-corrected chi connectivity index (χ2v) is 7.60. The van der Waals surface area contributed by atoms with Gasteiger partial charge in [-0.1, -0.05) is 18.2 Å². The molecule has 0 fully saturated rings. The Morgan fingerprint density at radius 3 is 2.69 bits per heavy atom. The minimum absolute atomic E-state index is 0.636. The van der Waals surface area contributed by atoms with Crippen LogP contribution in [0.2, 0.25) is 0 Å². The molecule has 0 saturated heterocycles. The van der Waals surface area contributed by atoms with Gasteiger partial charge in [-0.05, 0) is 36.6 Å². The summed E-state index contributed by atoms with van der Waals surface area (Å²) in [5, 5.41) is 11.2. The standard InChI is InChI=1S/C24H21N5/c1-28-9-5-7-17-10-18(13-27-24(17)28)20-14-26-15-21(19(20)12-25)23-11-16-6-3-4-8-22(16)29(23)2/h3-4,6,8,10-11,13-15H,5,7,9H2,1-2H3. The number of nitriles is 1. The Labute approximate surface area is 169 Å². The lowest BCUT2D eigenvalue weighted by Crippen LogP contribution is -2.25. The lowest BCUT2D eigenvalue weighted by molar-refractivity contribution is 0.731. The first kappa shape index (κ1) is 17.4. The van der Waals surface area contributed by atoms with Gasteiger partial charge >= 0.3 is 0 Å². The fraction of sp³-hybridized carbons (Fsp3) is 0.208. The second-order valence-electron chi connectivity index (χ2n) is 7.60. The zero-order valence-electron chi connectivity index (χ0n) is 16.6. The van der Waals surface area contributed by atoms with Crippen LogP contribution in [0.3, 0.4) is 0 Å². The normalized spacial score (nSPS) is 13.3. The van der Waals surface area contributed by atoms with E-state index in [0.717, 1.165) is 58.5 Å². The van der Waals surface area contributed by atoms with Crippen LogP contribution in [0.4, 0.5) is 5.82 Å². The number of para-hydroxylation sites is 1. The zero-order chi connectivity index (χ0) is 20.0. The Hall–Kier alpha value is -3.65. The average molecular weight is 379 g/mol. The number of nitrogens with zero attached hydrogens (tertiary/aromatic N) is 5. The van der Waals surface area contributed by atoms with Crippen molar-refractivity contribution in [2.75, 3.05) is 18.5 Å². The van der Waals surface area contributed by atoms with Gasteiger partial charge in [0.05, 0.1) is 11.3 Å². The molecule has 1 aliphatic rings. The molecule has 0 aliphatic carbocycles. The van der Waals surface area contributed by atoms with Crippen molar-refractivity contribution in [2.45, 2.75) is 12.8 Å². The number of hydrogen-bond acceptors (Lipinski definition) is 4. The topological polar surface area (TPSA) is 57.7 Å². The molecule has 0 saturated carbocycles. The molecule has 0 bridgehead atoms. The van der Waals surface area contributed by atoms with Crippen molar-refractivity contribution in [3.63, 3.8) is 0 Å². The second kappa shape index (κ2) is 6.75. The van der Waals surface area contributed by atoms with Gasteiger partial charge in [-0.2, -0.15) is 5.26 Å². The highest BCUT2D eigenvalue weighted by Gasteiger charge is 2.19. The summed E-state index contributed by atoms with van der Waals surface area (Å²) in [5.74, 6) is 1.04. The molecular weight excluding hydrogens is 358 g/mol. The Kier molecular flexibility index (Phi) is 4.06. The molecule has 5 heteroatoms. The molecule has 29 heavy (non-hydrogen) atoms. The third-order valence-corrected chi connectivity index (χ3v) is 5.84. The van der Waals surface area contributed by atoms with Crippen LogP contribution < -0.4 is 4.90 Å². The number of fused-ring (bicyclic) bond motifs is 2. The predicted octanol–water partition coefficient (Wildman–Crippen LogP) is 4.56. The van der Waals surface area contributed by atoms with E-state index in [1.54, 1.807) is 12.4 Å². The molecule has 1 aromatic carbocycles. The van der Waals surface area contributed by atoms with Gasteiger partial charge in [-0.15, -0.1) is 0 Å². The number of benzene rings is 1. The fourth-order valence-corrected chi connectivity index (χ4v) is 4.33. The molecule has 0 unspecified atom stereocenters. The van der Waals surface area contributed by atoms with Gasteiger partial charge in [0.2, 0.25) is 0 Å². The largest absolute Gasteiger partial charge is 0.359 e. The third kappa shape index (κ3) is 2.76. The first-order valence-corrected chi connectivity index (χ1v) is 9.80. The van der Waals surface area contributed by atoms with Gasteiger partial charge in [-0.25, -0.2) is 4.98 Å². The molecule has 5 rings (SSSR count). The van der Waals surface area contributed by atoms with Crippen molar-refractivity contribution < 1.29 is 0 Å². The molecular formula is C24H21N5. The number of rotatable bonds is 2. The molecule has 1 aliphatic heterocycles. The van der Waals surface area contributed by atoms with E-state index in [1.807, 2.05) is 25.4 Å². The van der Waals surface area contributed by atoms with Crippen LogP contribution in [0, 0.1) is 11.3 Å². The Morgan fingerprint density at radius 1 is 1.03 bits per heavy atom. The first-order valence-electron chi connectivity index (χ1n) is 9.80. The third-order valence-electron chi connectivity index (χ3n) is 5.84. The smallest absolute Gasteiger partial charge is 0.131 e. The first-order chi connectivity index (χ1) is 14.2. The lowest BCUT2D eigenvalue weighted by Gasteiger charge is -2.26. The Morgan fingerprint density at radius 2 is 1.86 bits per heavy atom. The SMILES string of the molecule is CN1CCCc2cc(-c3cncc(-c4cc5ccccc5n4C)c3C#N)cnc21. The summed E-state index contributed by atoms with van der Waals surface area (Å²) in [4.78, 5) is 11.4. The van der Waals surface area contributed by atoms with Gasteiger partial charge in [0.15, 0.2) is 0 Å². The van der Waals surface area contributed by atoms with Crippen molar-refractivity contribution in [3.8, 4) is 28.5 Å². The average Bonchev–Trinajstić information content (AvgIpc) is 3.09. The van der Waals surface area contributed by atoms with Crippen LogP contribution in [-0.4, -0.2) is 28.1 Å². The molecule has 5 nitrogen and oxygen atoms in total. The van der Waals surface area contributed by atoms with Crippen LogP contribution in [-0.2, 0) is 13.5 Å². The molecule has 0 spiro atoms. The maximum Gasteiger partial charge on any atom is 0.131 e. The van der Waals surface area contributed by atoms with Crippen molar-refractivity contribution in [1.29, 1.82) is 5.26 Å². The Balaban J connectivity index is 1.69. The lowest BCUT2D eigenvalue weighted by atomic mass is 9.96. The molecule has 0 N–H and O–H groups in total. The highest BCUT2D eigenvalue weighted by molar-refractivity contribution is 5.89. The number of pyridine rings is 2. The summed E-state index contributed by atoms with van der Waals surface area (Å²) in [7, 11) is 4.11. The fourth-order valence-electron chi connectivity index (χ4n) is 4.33. The maximum absolute atomic E-state index is 10.1. The van der Waals surface area contributed by atoms with Gasteiger partial charge in [0, 0.05) is 66.8 Å². The highest BCUT2D eigenvalue weighted by Crippen LogP contribution is 2.35. The van der Waals surface area contributed by atoms with Gasteiger partial charge in [0.1, 0.15) is 11.9 Å². The van der Waals surface area contributed by atoms with Gasteiger partial charge in [0.25, 0.3) is 0 Å². The van der Waals surface area contributed by atoms with E-state index in [-0.39, 0.29) is 0 Å². The number of anilines is 1. The molecule has 4 aromatic rings. The van der Waals surface area contributed by atoms with Gasteiger partial charge in [-0.3, -0.25) is 4.98 Å². The van der Waals surface area contributed by atoms with Crippen LogP contribution >= 0.6 is 0 Å². The summed E-state index contributed by atoms with van der Waals surface area (Å²) in [5.41, 5.74) is 6.62. The highest BCUT2D eigenvalue weighted by atomic mass is 15.2. The number of hydrogen-bond donors (Lipinski definition) is 0. The molecule has 0 amide bonds. The quantitative estimate of drug-likeness (QED) is 0.512. The summed E-state index contributed by atoms with van der Waals surface area (Å²) in [6.07, 6.45) is 7.56. The van der Waals surface area contributed by atoms with Crippen LogP contribution in [0.1, 0.15) is 17.5 Å². The molecule has 142 valence electrons. The van der Waals surface area contributed by atoms with Crippen LogP contribution in [0.15, 0.2) is 55.0 Å². The van der Waals surface area contributed by atoms with E-state index in [1.165, 1.54) is 5.56 Å². The molecule has 0 atom stereocenters. The van der Waals surface area contributed by atoms with E-state index >= 15 is 0 Å².